The summed E-state index contributed by atoms with van der Waals surface area (Å²) in [6.45, 7) is 2.11. The summed E-state index contributed by atoms with van der Waals surface area (Å²) in [5.74, 6) is 2.38. The van der Waals surface area contributed by atoms with Crippen LogP contribution in [0.15, 0.2) is 36.5 Å². The van der Waals surface area contributed by atoms with E-state index in [1.807, 2.05) is 6.08 Å². The second-order valence-electron chi connectivity index (χ2n) is 3.71. The molecule has 0 saturated carbocycles. The van der Waals surface area contributed by atoms with Gasteiger partial charge in [0.15, 0.2) is 0 Å². The second kappa shape index (κ2) is 11.5. The fourth-order valence-electron chi connectivity index (χ4n) is 1.24. The Morgan fingerprint density at radius 3 is 2.53 bits per heavy atom. The second-order valence-corrected chi connectivity index (χ2v) is 4.27. The van der Waals surface area contributed by atoms with E-state index in [2.05, 4.69) is 31.1 Å². The molecule has 0 aromatic rings. The summed E-state index contributed by atoms with van der Waals surface area (Å²) >= 11 is 6.05. The molecule has 0 spiro atoms. The number of rotatable bonds is 8. The minimum Gasteiger partial charge on any atom is -0.391 e. The summed E-state index contributed by atoms with van der Waals surface area (Å²) in [5.41, 5.74) is 0. The molecule has 0 aromatic heterocycles. The Bertz CT molecular complexity index is 297. The van der Waals surface area contributed by atoms with Gasteiger partial charge >= 0.3 is 0 Å². The lowest BCUT2D eigenvalue weighted by Crippen LogP contribution is -2.19. The highest BCUT2D eigenvalue weighted by molar-refractivity contribution is 6.21. The first-order chi connectivity index (χ1) is 8.22. The zero-order chi connectivity index (χ0) is 12.9. The van der Waals surface area contributed by atoms with E-state index in [0.717, 1.165) is 12.8 Å². The maximum absolute atomic E-state index is 9.69. The van der Waals surface area contributed by atoms with Gasteiger partial charge in [0, 0.05) is 0 Å². The lowest BCUT2D eigenvalue weighted by Gasteiger charge is -2.12. The monoisotopic (exact) mass is 252 g/mol. The third-order valence-electron chi connectivity index (χ3n) is 2.21. The molecule has 0 aliphatic carbocycles. The zero-order valence-electron chi connectivity index (χ0n) is 10.3. The quantitative estimate of drug-likeness (QED) is 0.395. The average molecular weight is 253 g/mol. The Labute approximate surface area is 110 Å². The molecule has 0 aromatic carbocycles. The van der Waals surface area contributed by atoms with Crippen molar-refractivity contribution in [1.82, 2.24) is 0 Å². The van der Waals surface area contributed by atoms with Gasteiger partial charge in [-0.15, -0.1) is 18.0 Å². The van der Waals surface area contributed by atoms with Crippen LogP contribution < -0.4 is 0 Å². The minimum atomic E-state index is -0.544. The van der Waals surface area contributed by atoms with E-state index < -0.39 is 6.10 Å². The van der Waals surface area contributed by atoms with E-state index in [4.69, 9.17) is 18.0 Å². The largest absolute Gasteiger partial charge is 0.391 e. The van der Waals surface area contributed by atoms with Crippen LogP contribution in [-0.2, 0) is 0 Å². The summed E-state index contributed by atoms with van der Waals surface area (Å²) in [6.07, 6.45) is 19.3. The molecule has 0 saturated heterocycles. The molecule has 17 heavy (non-hydrogen) atoms. The highest BCUT2D eigenvalue weighted by Gasteiger charge is 2.12. The SMILES string of the molecule is C#C/C=C\CC(O)C(Cl)C/C=C\C/C=C\CC. The Kier molecular flexibility index (Phi) is 10.9. The first-order valence-corrected chi connectivity index (χ1v) is 6.39. The number of alkyl halides is 1. The van der Waals surface area contributed by atoms with Crippen molar-refractivity contribution in [2.45, 2.75) is 44.1 Å². The minimum absolute atomic E-state index is 0.260. The van der Waals surface area contributed by atoms with Crippen LogP contribution in [0.3, 0.4) is 0 Å². The van der Waals surface area contributed by atoms with E-state index in [0.29, 0.717) is 12.8 Å². The average Bonchev–Trinajstić information content (AvgIpc) is 2.33. The van der Waals surface area contributed by atoms with Gasteiger partial charge in [-0.25, -0.2) is 0 Å². The number of hydrogen-bond acceptors (Lipinski definition) is 1. The van der Waals surface area contributed by atoms with Crippen LogP contribution in [0, 0.1) is 12.3 Å². The molecule has 0 rings (SSSR count). The first-order valence-electron chi connectivity index (χ1n) is 5.95. The summed E-state index contributed by atoms with van der Waals surface area (Å²) < 4.78 is 0. The van der Waals surface area contributed by atoms with Crippen molar-refractivity contribution >= 4 is 11.6 Å². The normalized spacial score (nSPS) is 15.6. The summed E-state index contributed by atoms with van der Waals surface area (Å²) in [5, 5.41) is 9.43. The van der Waals surface area contributed by atoms with Crippen molar-refractivity contribution < 1.29 is 5.11 Å². The molecule has 1 nitrogen and oxygen atoms in total. The Hall–Kier alpha value is -0.970. The fraction of sp³-hybridized carbons (Fsp3) is 0.467. The Morgan fingerprint density at radius 2 is 1.88 bits per heavy atom. The summed E-state index contributed by atoms with van der Waals surface area (Å²) in [4.78, 5) is 0. The van der Waals surface area contributed by atoms with E-state index >= 15 is 0 Å². The summed E-state index contributed by atoms with van der Waals surface area (Å²) in [7, 11) is 0. The van der Waals surface area contributed by atoms with Crippen LogP contribution in [0.25, 0.3) is 0 Å². The van der Waals surface area contributed by atoms with Gasteiger partial charge in [0.2, 0.25) is 0 Å². The van der Waals surface area contributed by atoms with Crippen LogP contribution in [0.4, 0.5) is 0 Å². The van der Waals surface area contributed by atoms with Gasteiger partial charge in [0.05, 0.1) is 11.5 Å². The molecule has 1 N–H and O–H groups in total. The fourth-order valence-corrected chi connectivity index (χ4v) is 1.45. The Balaban J connectivity index is 3.77. The highest BCUT2D eigenvalue weighted by atomic mass is 35.5. The smallest absolute Gasteiger partial charge is 0.0741 e. The lowest BCUT2D eigenvalue weighted by atomic mass is 10.1. The number of aliphatic hydroxyl groups is 1. The van der Waals surface area contributed by atoms with Crippen LogP contribution in [0.5, 0.6) is 0 Å². The molecule has 0 radical (unpaired) electrons. The lowest BCUT2D eigenvalue weighted by molar-refractivity contribution is 0.172. The van der Waals surface area contributed by atoms with Gasteiger partial charge in [0.25, 0.3) is 0 Å². The maximum atomic E-state index is 9.69. The molecule has 0 aliphatic rings. The van der Waals surface area contributed by atoms with Crippen molar-refractivity contribution in [3.63, 3.8) is 0 Å². The molecule has 0 fully saturated rings. The van der Waals surface area contributed by atoms with Crippen LogP contribution in [0.1, 0.15) is 32.6 Å². The third-order valence-corrected chi connectivity index (χ3v) is 2.68. The molecular formula is C15H21ClO. The van der Waals surface area contributed by atoms with E-state index in [-0.39, 0.29) is 5.38 Å². The maximum Gasteiger partial charge on any atom is 0.0741 e. The van der Waals surface area contributed by atoms with Crippen molar-refractivity contribution in [3.05, 3.63) is 36.5 Å². The van der Waals surface area contributed by atoms with Crippen LogP contribution in [-0.4, -0.2) is 16.6 Å². The van der Waals surface area contributed by atoms with E-state index in [1.165, 1.54) is 0 Å². The van der Waals surface area contributed by atoms with Crippen LogP contribution >= 0.6 is 11.6 Å². The molecule has 2 atom stereocenters. The molecule has 2 heteroatoms. The third kappa shape index (κ3) is 9.93. The van der Waals surface area contributed by atoms with Crippen molar-refractivity contribution in [1.29, 1.82) is 0 Å². The number of terminal acetylenes is 1. The Morgan fingerprint density at radius 1 is 1.18 bits per heavy atom. The predicted molar refractivity (Wildman–Crippen MR) is 76.0 cm³/mol. The molecule has 0 heterocycles. The predicted octanol–water partition coefficient (Wildman–Crippen LogP) is 3.84. The number of allylic oxidation sites excluding steroid dienone is 5. The van der Waals surface area contributed by atoms with Gasteiger partial charge in [-0.05, 0) is 31.8 Å². The van der Waals surface area contributed by atoms with Gasteiger partial charge in [-0.1, -0.05) is 43.2 Å². The van der Waals surface area contributed by atoms with Crippen LogP contribution in [0.2, 0.25) is 0 Å². The molecular weight excluding hydrogens is 232 g/mol. The van der Waals surface area contributed by atoms with Gasteiger partial charge in [-0.3, -0.25) is 0 Å². The van der Waals surface area contributed by atoms with Gasteiger partial charge < -0.3 is 5.11 Å². The molecule has 0 bridgehead atoms. The van der Waals surface area contributed by atoms with Gasteiger partial charge in [0.1, 0.15) is 0 Å². The molecule has 0 aliphatic heterocycles. The van der Waals surface area contributed by atoms with E-state index in [9.17, 15) is 5.11 Å². The number of aliphatic hydroxyl groups excluding tert-OH is 1. The van der Waals surface area contributed by atoms with Crippen molar-refractivity contribution in [3.8, 4) is 12.3 Å². The molecule has 0 amide bonds. The van der Waals surface area contributed by atoms with Gasteiger partial charge in [-0.2, -0.15) is 0 Å². The molecule has 2 unspecified atom stereocenters. The zero-order valence-corrected chi connectivity index (χ0v) is 11.1. The van der Waals surface area contributed by atoms with Crippen molar-refractivity contribution in [2.75, 3.05) is 0 Å². The highest BCUT2D eigenvalue weighted by Crippen LogP contribution is 2.12. The van der Waals surface area contributed by atoms with E-state index in [1.54, 1.807) is 12.2 Å². The summed E-state index contributed by atoms with van der Waals surface area (Å²) in [6, 6.07) is 0. The van der Waals surface area contributed by atoms with Crippen molar-refractivity contribution in [2.24, 2.45) is 0 Å². The standard InChI is InChI=1S/C15H21ClO/c1-3-5-7-8-9-11-12-14(16)15(17)13-10-6-4-2/h2,5-7,9-11,14-15,17H,3,8,12-13H2,1H3/b7-5-,10-6-,11-9-. The topological polar surface area (TPSA) is 20.2 Å². The number of halogens is 1. The number of hydrogen-bond donors (Lipinski definition) is 1. The first kappa shape index (κ1) is 16.0. The molecule has 94 valence electrons.